The molecule has 0 aromatic heterocycles. The number of amides is 1. The molecule has 1 amide bonds. The van der Waals surface area contributed by atoms with E-state index in [-0.39, 0.29) is 5.91 Å². The number of carbonyl (C=O) groups is 1. The first-order valence-electron chi connectivity index (χ1n) is 8.85. The van der Waals surface area contributed by atoms with E-state index in [1.54, 1.807) is 13.2 Å². The van der Waals surface area contributed by atoms with Crippen LogP contribution >= 0.6 is 11.6 Å². The Balaban J connectivity index is 2.06. The highest BCUT2D eigenvalue weighted by molar-refractivity contribution is 6.30. The molecule has 4 nitrogen and oxygen atoms in total. The Hall–Kier alpha value is -2.04. The van der Waals surface area contributed by atoms with Crippen molar-refractivity contribution in [3.63, 3.8) is 0 Å². The minimum Gasteiger partial charge on any atom is -0.496 e. The molecule has 2 N–H and O–H groups in total. The first-order valence-corrected chi connectivity index (χ1v) is 9.22. The van der Waals surface area contributed by atoms with E-state index in [0.717, 1.165) is 33.0 Å². The van der Waals surface area contributed by atoms with Crippen LogP contribution in [0.25, 0.3) is 0 Å². The van der Waals surface area contributed by atoms with Gasteiger partial charge >= 0.3 is 0 Å². The van der Waals surface area contributed by atoms with Gasteiger partial charge in [0.15, 0.2) is 6.54 Å². The molecule has 0 radical (unpaired) electrons. The number of likely N-dealkylation sites (N-methyl/N-ethyl adjacent to an activating group) is 1. The van der Waals surface area contributed by atoms with Gasteiger partial charge in [0.2, 0.25) is 0 Å². The van der Waals surface area contributed by atoms with Gasteiger partial charge in [0.05, 0.1) is 14.2 Å². The zero-order chi connectivity index (χ0) is 19.3. The van der Waals surface area contributed by atoms with Gasteiger partial charge < -0.3 is 15.0 Å². The first-order chi connectivity index (χ1) is 12.3. The highest BCUT2D eigenvalue weighted by atomic mass is 35.5. The number of hydrogen-bond acceptors (Lipinski definition) is 2. The van der Waals surface area contributed by atoms with E-state index in [1.807, 2.05) is 38.2 Å². The van der Waals surface area contributed by atoms with Gasteiger partial charge in [0.25, 0.3) is 5.91 Å². The first kappa shape index (κ1) is 20.3. The van der Waals surface area contributed by atoms with E-state index in [2.05, 4.69) is 25.2 Å². The summed E-state index contributed by atoms with van der Waals surface area (Å²) in [5.74, 6) is 1.14. The number of ether oxygens (including phenoxy) is 1. The summed E-state index contributed by atoms with van der Waals surface area (Å²) in [6, 6.07) is 11.7. The fourth-order valence-electron chi connectivity index (χ4n) is 3.07. The molecule has 140 valence electrons. The Labute approximate surface area is 161 Å². The lowest BCUT2D eigenvalue weighted by Crippen LogP contribution is -3.08. The largest absolute Gasteiger partial charge is 0.496 e. The van der Waals surface area contributed by atoms with Crippen molar-refractivity contribution in [3.05, 3.63) is 58.1 Å². The monoisotopic (exact) mass is 375 g/mol. The molecule has 2 aromatic rings. The molecule has 0 heterocycles. The van der Waals surface area contributed by atoms with Crippen molar-refractivity contribution in [2.45, 2.75) is 33.2 Å². The van der Waals surface area contributed by atoms with Crippen LogP contribution in [0, 0.1) is 6.92 Å². The third kappa shape index (κ3) is 5.23. The van der Waals surface area contributed by atoms with Crippen LogP contribution in [-0.4, -0.2) is 26.6 Å². The number of rotatable bonds is 7. The summed E-state index contributed by atoms with van der Waals surface area (Å²) >= 11 is 6.09. The number of nitrogens with one attached hydrogen (secondary N) is 2. The van der Waals surface area contributed by atoms with Crippen LogP contribution in [0.2, 0.25) is 5.02 Å². The summed E-state index contributed by atoms with van der Waals surface area (Å²) in [7, 11) is 3.63. The van der Waals surface area contributed by atoms with Crippen LogP contribution in [0.3, 0.4) is 0 Å². The van der Waals surface area contributed by atoms with Crippen LogP contribution in [0.4, 0.5) is 5.69 Å². The summed E-state index contributed by atoms with van der Waals surface area (Å²) in [6.07, 6.45) is 0. The second kappa shape index (κ2) is 9.06. The van der Waals surface area contributed by atoms with Crippen LogP contribution in [0.5, 0.6) is 5.75 Å². The molecule has 0 bridgehead atoms. The number of quaternary nitrogens is 1. The zero-order valence-electron chi connectivity index (χ0n) is 16.2. The van der Waals surface area contributed by atoms with Crippen LogP contribution in [0.1, 0.15) is 36.5 Å². The molecule has 0 aliphatic carbocycles. The van der Waals surface area contributed by atoms with Gasteiger partial charge in [0, 0.05) is 16.3 Å². The maximum atomic E-state index is 12.6. The van der Waals surface area contributed by atoms with Crippen molar-refractivity contribution in [1.29, 1.82) is 0 Å². The molecule has 2 rings (SSSR count). The molecule has 0 fully saturated rings. The molecular weight excluding hydrogens is 348 g/mol. The minimum atomic E-state index is -0.000283. The van der Waals surface area contributed by atoms with Crippen molar-refractivity contribution in [3.8, 4) is 5.75 Å². The van der Waals surface area contributed by atoms with Gasteiger partial charge in [-0.2, -0.15) is 0 Å². The molecule has 1 atom stereocenters. The maximum absolute atomic E-state index is 12.6. The smallest absolute Gasteiger partial charge is 0.279 e. The lowest BCUT2D eigenvalue weighted by atomic mass is 9.98. The predicted molar refractivity (Wildman–Crippen MR) is 107 cm³/mol. The molecule has 2 aromatic carbocycles. The van der Waals surface area contributed by atoms with Gasteiger partial charge in [-0.25, -0.2) is 0 Å². The fourth-order valence-corrected chi connectivity index (χ4v) is 3.27. The van der Waals surface area contributed by atoms with Crippen molar-refractivity contribution >= 4 is 23.2 Å². The molecule has 0 saturated heterocycles. The average molecular weight is 376 g/mol. The molecule has 5 heteroatoms. The molecule has 0 aliphatic heterocycles. The van der Waals surface area contributed by atoms with Gasteiger partial charge in [-0.15, -0.1) is 0 Å². The number of halogens is 1. The van der Waals surface area contributed by atoms with Crippen molar-refractivity contribution in [2.24, 2.45) is 0 Å². The summed E-state index contributed by atoms with van der Waals surface area (Å²) in [6.45, 7) is 7.30. The number of anilines is 1. The van der Waals surface area contributed by atoms with Gasteiger partial charge in [-0.05, 0) is 42.2 Å². The second-order valence-corrected chi connectivity index (χ2v) is 7.45. The Morgan fingerprint density at radius 1 is 1.27 bits per heavy atom. The van der Waals surface area contributed by atoms with Crippen molar-refractivity contribution < 1.29 is 14.4 Å². The minimum absolute atomic E-state index is 0.000283. The zero-order valence-corrected chi connectivity index (χ0v) is 16.9. The molecule has 0 spiro atoms. The molecule has 0 saturated carbocycles. The molecule has 26 heavy (non-hydrogen) atoms. The van der Waals surface area contributed by atoms with Gasteiger partial charge in [0.1, 0.15) is 12.3 Å². The van der Waals surface area contributed by atoms with Gasteiger partial charge in [-0.1, -0.05) is 43.6 Å². The summed E-state index contributed by atoms with van der Waals surface area (Å²) in [4.78, 5) is 13.6. The average Bonchev–Trinajstić information content (AvgIpc) is 2.56. The number of benzene rings is 2. The maximum Gasteiger partial charge on any atom is 0.279 e. The Morgan fingerprint density at radius 2 is 2.00 bits per heavy atom. The highest BCUT2D eigenvalue weighted by Gasteiger charge is 2.17. The molecule has 0 aliphatic rings. The van der Waals surface area contributed by atoms with E-state index in [9.17, 15) is 4.79 Å². The number of aryl methyl sites for hydroxylation is 1. The number of hydrogen-bond donors (Lipinski definition) is 2. The summed E-state index contributed by atoms with van der Waals surface area (Å²) in [5, 5.41) is 3.77. The fraction of sp³-hybridized carbons (Fsp3) is 0.381. The van der Waals surface area contributed by atoms with Gasteiger partial charge in [-0.3, -0.25) is 4.79 Å². The van der Waals surface area contributed by atoms with Crippen LogP contribution < -0.4 is 15.0 Å². The van der Waals surface area contributed by atoms with Crippen LogP contribution in [-0.2, 0) is 11.3 Å². The van der Waals surface area contributed by atoms with E-state index in [0.29, 0.717) is 24.0 Å². The predicted octanol–water partition coefficient (Wildman–Crippen LogP) is 3.43. The standard InChI is InChI=1S/C21H27ClN2O2/c1-14(2)18-8-6-7-15(3)21(18)23-20(25)13-24(4)12-16-11-17(22)9-10-19(16)26-5/h6-11,14H,12-13H2,1-5H3,(H,23,25)/p+1. The second-order valence-electron chi connectivity index (χ2n) is 7.01. The third-order valence-electron chi connectivity index (χ3n) is 4.39. The Bertz CT molecular complexity index is 775. The Kier molecular flexibility index (Phi) is 7.06. The quantitative estimate of drug-likeness (QED) is 0.778. The lowest BCUT2D eigenvalue weighted by molar-refractivity contribution is -0.885. The topological polar surface area (TPSA) is 42.8 Å². The Morgan fingerprint density at radius 3 is 2.65 bits per heavy atom. The number of methoxy groups -OCH3 is 1. The highest BCUT2D eigenvalue weighted by Crippen LogP contribution is 2.27. The van der Waals surface area contributed by atoms with E-state index < -0.39 is 0 Å². The number of carbonyl (C=O) groups excluding carboxylic acids is 1. The normalized spacial score (nSPS) is 12.1. The van der Waals surface area contributed by atoms with E-state index >= 15 is 0 Å². The molecular formula is C21H28ClN2O2+. The third-order valence-corrected chi connectivity index (χ3v) is 4.62. The van der Waals surface area contributed by atoms with E-state index in [4.69, 9.17) is 16.3 Å². The number of para-hydroxylation sites is 1. The lowest BCUT2D eigenvalue weighted by Gasteiger charge is -2.19. The van der Waals surface area contributed by atoms with Crippen LogP contribution in [0.15, 0.2) is 36.4 Å². The summed E-state index contributed by atoms with van der Waals surface area (Å²) < 4.78 is 5.39. The summed E-state index contributed by atoms with van der Waals surface area (Å²) in [5.41, 5.74) is 4.16. The van der Waals surface area contributed by atoms with Crippen molar-refractivity contribution in [2.75, 3.05) is 26.0 Å². The molecule has 1 unspecified atom stereocenters. The van der Waals surface area contributed by atoms with E-state index in [1.165, 1.54) is 0 Å². The van der Waals surface area contributed by atoms with Crippen molar-refractivity contribution in [1.82, 2.24) is 0 Å². The SMILES string of the molecule is COc1ccc(Cl)cc1C[NH+](C)CC(=O)Nc1c(C)cccc1C(C)C.